The Kier molecular flexibility index (Phi) is 4.82. The number of benzene rings is 2. The van der Waals surface area contributed by atoms with Crippen molar-refractivity contribution in [3.8, 4) is 11.5 Å². The Bertz CT molecular complexity index is 625. The Labute approximate surface area is 124 Å². The van der Waals surface area contributed by atoms with Crippen LogP contribution in [-0.2, 0) is 4.79 Å². The van der Waals surface area contributed by atoms with Gasteiger partial charge in [0, 0.05) is 11.8 Å². The van der Waals surface area contributed by atoms with Crippen LogP contribution in [0.1, 0.15) is 12.5 Å². The van der Waals surface area contributed by atoms with E-state index in [2.05, 4.69) is 5.32 Å². The summed E-state index contributed by atoms with van der Waals surface area (Å²) < 4.78 is 10.8. The van der Waals surface area contributed by atoms with E-state index < -0.39 is 6.10 Å². The van der Waals surface area contributed by atoms with Crippen molar-refractivity contribution in [3.05, 3.63) is 54.1 Å². The van der Waals surface area contributed by atoms with E-state index in [1.807, 2.05) is 43.3 Å². The van der Waals surface area contributed by atoms with E-state index in [0.29, 0.717) is 17.2 Å². The maximum atomic E-state index is 12.1. The molecule has 0 aromatic heterocycles. The van der Waals surface area contributed by atoms with Gasteiger partial charge in [-0.05, 0) is 43.7 Å². The predicted octanol–water partition coefficient (Wildman–Crippen LogP) is 3.41. The highest BCUT2D eigenvalue weighted by atomic mass is 16.5. The fraction of sp³-hybridized carbons (Fsp3) is 0.235. The lowest BCUT2D eigenvalue weighted by molar-refractivity contribution is -0.122. The third kappa shape index (κ3) is 4.24. The molecule has 1 N–H and O–H groups in total. The SMILES string of the molecule is COc1cccc(NC(=O)C(C)Oc2cccc(C)c2)c1. The molecule has 21 heavy (non-hydrogen) atoms. The topological polar surface area (TPSA) is 47.6 Å². The van der Waals surface area contributed by atoms with Crippen LogP contribution in [0, 0.1) is 6.92 Å². The second-order valence-electron chi connectivity index (χ2n) is 4.80. The van der Waals surface area contributed by atoms with Gasteiger partial charge in [-0.15, -0.1) is 0 Å². The summed E-state index contributed by atoms with van der Waals surface area (Å²) in [6.45, 7) is 3.70. The first-order valence-corrected chi connectivity index (χ1v) is 6.77. The van der Waals surface area contributed by atoms with Crippen molar-refractivity contribution in [1.82, 2.24) is 0 Å². The summed E-state index contributed by atoms with van der Waals surface area (Å²) in [5.41, 5.74) is 1.77. The summed E-state index contributed by atoms with van der Waals surface area (Å²) in [6.07, 6.45) is -0.585. The van der Waals surface area contributed by atoms with E-state index in [-0.39, 0.29) is 5.91 Å². The summed E-state index contributed by atoms with van der Waals surface area (Å²) in [6, 6.07) is 14.8. The Morgan fingerprint density at radius 2 is 1.81 bits per heavy atom. The lowest BCUT2D eigenvalue weighted by atomic mass is 10.2. The zero-order valence-corrected chi connectivity index (χ0v) is 12.4. The lowest BCUT2D eigenvalue weighted by Crippen LogP contribution is -2.30. The lowest BCUT2D eigenvalue weighted by Gasteiger charge is -2.15. The zero-order valence-electron chi connectivity index (χ0n) is 12.4. The van der Waals surface area contributed by atoms with Crippen LogP contribution in [0.15, 0.2) is 48.5 Å². The van der Waals surface area contributed by atoms with Crippen molar-refractivity contribution in [1.29, 1.82) is 0 Å². The maximum absolute atomic E-state index is 12.1. The van der Waals surface area contributed by atoms with Gasteiger partial charge in [0.2, 0.25) is 0 Å². The molecule has 1 atom stereocenters. The summed E-state index contributed by atoms with van der Waals surface area (Å²) in [5, 5.41) is 2.81. The largest absolute Gasteiger partial charge is 0.497 e. The fourth-order valence-corrected chi connectivity index (χ4v) is 1.89. The van der Waals surface area contributed by atoms with Gasteiger partial charge in [-0.2, -0.15) is 0 Å². The number of rotatable bonds is 5. The number of hydrogen-bond acceptors (Lipinski definition) is 3. The van der Waals surface area contributed by atoms with Crippen LogP contribution < -0.4 is 14.8 Å². The minimum atomic E-state index is -0.585. The zero-order chi connectivity index (χ0) is 15.2. The Morgan fingerprint density at radius 1 is 1.10 bits per heavy atom. The van der Waals surface area contributed by atoms with Gasteiger partial charge in [-0.3, -0.25) is 4.79 Å². The number of carbonyl (C=O) groups excluding carboxylic acids is 1. The van der Waals surface area contributed by atoms with E-state index in [9.17, 15) is 4.79 Å². The van der Waals surface area contributed by atoms with Crippen molar-refractivity contribution in [2.75, 3.05) is 12.4 Å². The first kappa shape index (κ1) is 14.9. The summed E-state index contributed by atoms with van der Waals surface area (Å²) in [5.74, 6) is 1.17. The van der Waals surface area contributed by atoms with E-state index in [1.165, 1.54) is 0 Å². The second kappa shape index (κ2) is 6.79. The minimum absolute atomic E-state index is 0.204. The number of carbonyl (C=O) groups is 1. The van der Waals surface area contributed by atoms with Crippen molar-refractivity contribution >= 4 is 11.6 Å². The van der Waals surface area contributed by atoms with Gasteiger partial charge in [0.1, 0.15) is 11.5 Å². The van der Waals surface area contributed by atoms with Crippen LogP contribution >= 0.6 is 0 Å². The van der Waals surface area contributed by atoms with Crippen molar-refractivity contribution in [2.24, 2.45) is 0 Å². The average Bonchev–Trinajstić information content (AvgIpc) is 2.47. The molecule has 0 saturated heterocycles. The monoisotopic (exact) mass is 285 g/mol. The maximum Gasteiger partial charge on any atom is 0.265 e. The number of ether oxygens (including phenoxy) is 2. The van der Waals surface area contributed by atoms with Gasteiger partial charge in [-0.25, -0.2) is 0 Å². The van der Waals surface area contributed by atoms with Gasteiger partial charge >= 0.3 is 0 Å². The predicted molar refractivity (Wildman–Crippen MR) is 82.9 cm³/mol. The van der Waals surface area contributed by atoms with E-state index in [4.69, 9.17) is 9.47 Å². The third-order valence-electron chi connectivity index (χ3n) is 3.01. The number of amides is 1. The van der Waals surface area contributed by atoms with E-state index in [1.54, 1.807) is 26.2 Å². The van der Waals surface area contributed by atoms with Crippen LogP contribution in [0.5, 0.6) is 11.5 Å². The summed E-state index contributed by atoms with van der Waals surface area (Å²) in [4.78, 5) is 12.1. The van der Waals surface area contributed by atoms with Crippen molar-refractivity contribution < 1.29 is 14.3 Å². The standard InChI is InChI=1S/C17H19NO3/c1-12-6-4-9-16(10-12)21-13(2)17(19)18-14-7-5-8-15(11-14)20-3/h4-11,13H,1-3H3,(H,18,19). The Hall–Kier alpha value is -2.49. The molecule has 0 saturated carbocycles. The average molecular weight is 285 g/mol. The van der Waals surface area contributed by atoms with Crippen LogP contribution in [-0.4, -0.2) is 19.1 Å². The molecule has 0 radical (unpaired) electrons. The number of anilines is 1. The molecule has 1 unspecified atom stereocenters. The van der Waals surface area contributed by atoms with Gasteiger partial charge in [0.25, 0.3) is 5.91 Å². The smallest absolute Gasteiger partial charge is 0.265 e. The molecule has 4 nitrogen and oxygen atoms in total. The summed E-state index contributed by atoms with van der Waals surface area (Å²) >= 11 is 0. The molecule has 2 rings (SSSR count). The molecule has 0 fully saturated rings. The van der Waals surface area contributed by atoms with Crippen LogP contribution in [0.4, 0.5) is 5.69 Å². The normalized spacial score (nSPS) is 11.6. The van der Waals surface area contributed by atoms with Crippen LogP contribution in [0.25, 0.3) is 0 Å². The van der Waals surface area contributed by atoms with Gasteiger partial charge in [-0.1, -0.05) is 18.2 Å². The molecule has 1 amide bonds. The van der Waals surface area contributed by atoms with Crippen LogP contribution in [0.2, 0.25) is 0 Å². The molecule has 2 aromatic carbocycles. The quantitative estimate of drug-likeness (QED) is 0.915. The number of nitrogens with one attached hydrogen (secondary N) is 1. The van der Waals surface area contributed by atoms with Crippen molar-refractivity contribution in [2.45, 2.75) is 20.0 Å². The molecule has 0 spiro atoms. The number of aryl methyl sites for hydroxylation is 1. The molecule has 0 aliphatic carbocycles. The second-order valence-corrected chi connectivity index (χ2v) is 4.80. The van der Waals surface area contributed by atoms with Gasteiger partial charge < -0.3 is 14.8 Å². The molecule has 0 aliphatic heterocycles. The highest BCUT2D eigenvalue weighted by Gasteiger charge is 2.15. The number of methoxy groups -OCH3 is 1. The minimum Gasteiger partial charge on any atom is -0.497 e. The highest BCUT2D eigenvalue weighted by Crippen LogP contribution is 2.18. The third-order valence-corrected chi connectivity index (χ3v) is 3.01. The molecule has 4 heteroatoms. The Morgan fingerprint density at radius 3 is 2.52 bits per heavy atom. The fourth-order valence-electron chi connectivity index (χ4n) is 1.89. The Balaban J connectivity index is 1.99. The molecule has 0 heterocycles. The highest BCUT2D eigenvalue weighted by molar-refractivity contribution is 5.94. The molecular weight excluding hydrogens is 266 g/mol. The molecule has 0 bridgehead atoms. The first-order chi connectivity index (χ1) is 10.1. The van der Waals surface area contributed by atoms with Gasteiger partial charge in [0.05, 0.1) is 7.11 Å². The molecule has 110 valence electrons. The molecular formula is C17H19NO3. The summed E-state index contributed by atoms with van der Waals surface area (Å²) in [7, 11) is 1.59. The first-order valence-electron chi connectivity index (χ1n) is 6.77. The van der Waals surface area contributed by atoms with Crippen LogP contribution in [0.3, 0.4) is 0 Å². The van der Waals surface area contributed by atoms with E-state index in [0.717, 1.165) is 5.56 Å². The van der Waals surface area contributed by atoms with Gasteiger partial charge in [0.15, 0.2) is 6.10 Å². The number of hydrogen-bond donors (Lipinski definition) is 1. The molecule has 0 aliphatic rings. The van der Waals surface area contributed by atoms with Crippen molar-refractivity contribution in [3.63, 3.8) is 0 Å². The van der Waals surface area contributed by atoms with E-state index >= 15 is 0 Å². The molecule has 2 aromatic rings.